The first-order chi connectivity index (χ1) is 5.70. The van der Waals surface area contributed by atoms with Gasteiger partial charge in [0.15, 0.2) is 0 Å². The van der Waals surface area contributed by atoms with E-state index in [2.05, 4.69) is 10.0 Å². The molecule has 1 aliphatic heterocycles. The van der Waals surface area contributed by atoms with Gasteiger partial charge in [0.25, 0.3) is 0 Å². The van der Waals surface area contributed by atoms with Crippen LogP contribution < -0.4 is 10.0 Å². The summed E-state index contributed by atoms with van der Waals surface area (Å²) in [6, 6.07) is 0.453. The fourth-order valence-electron chi connectivity index (χ4n) is 1.24. The number of nitrogens with one attached hydrogen (secondary N) is 2. The van der Waals surface area contributed by atoms with Gasteiger partial charge >= 0.3 is 0 Å². The lowest BCUT2D eigenvalue weighted by atomic mass is 10.1. The zero-order chi connectivity index (χ0) is 8.97. The third-order valence-corrected chi connectivity index (χ3v) is 3.47. The van der Waals surface area contributed by atoms with Crippen LogP contribution in [-0.2, 0) is 11.4 Å². The number of piperidine rings is 1. The lowest BCUT2D eigenvalue weighted by Crippen LogP contribution is -2.44. The smallest absolute Gasteiger partial charge is 0.129 e. The van der Waals surface area contributed by atoms with Crippen molar-refractivity contribution in [2.75, 3.05) is 13.1 Å². The highest BCUT2D eigenvalue weighted by Crippen LogP contribution is 2.06. The predicted molar refractivity (Wildman–Crippen MR) is 52.3 cm³/mol. The van der Waals surface area contributed by atoms with Gasteiger partial charge in [-0.2, -0.15) is 0 Å². The van der Waals surface area contributed by atoms with Crippen LogP contribution in [0.3, 0.4) is 0 Å². The summed E-state index contributed by atoms with van der Waals surface area (Å²) in [5.74, 6) is 0. The van der Waals surface area contributed by atoms with Crippen LogP contribution in [0.1, 0.15) is 26.7 Å². The van der Waals surface area contributed by atoms with E-state index in [4.69, 9.17) is 0 Å². The molecule has 0 aromatic heterocycles. The first-order valence-corrected chi connectivity index (χ1v) is 5.79. The maximum absolute atomic E-state index is 11.4. The van der Waals surface area contributed by atoms with E-state index in [1.165, 1.54) is 0 Å². The van der Waals surface area contributed by atoms with E-state index in [9.17, 15) is 4.55 Å². The number of rotatable bonds is 3. The summed E-state index contributed by atoms with van der Waals surface area (Å²) in [6.45, 7) is 6.05. The SMILES string of the molecule is CC(C)[S+]([O-])NC1CCNCC1. The van der Waals surface area contributed by atoms with E-state index < -0.39 is 11.4 Å². The molecule has 2 N–H and O–H groups in total. The Bertz CT molecular complexity index is 126. The summed E-state index contributed by atoms with van der Waals surface area (Å²) < 4.78 is 14.5. The van der Waals surface area contributed by atoms with Gasteiger partial charge in [-0.1, -0.05) is 0 Å². The minimum Gasteiger partial charge on any atom is -0.598 e. The fraction of sp³-hybridized carbons (Fsp3) is 1.00. The van der Waals surface area contributed by atoms with Crippen molar-refractivity contribution in [1.82, 2.24) is 10.0 Å². The molecule has 1 rings (SSSR count). The van der Waals surface area contributed by atoms with Crippen LogP contribution >= 0.6 is 0 Å². The van der Waals surface area contributed by atoms with Gasteiger partial charge < -0.3 is 9.87 Å². The molecule has 0 radical (unpaired) electrons. The van der Waals surface area contributed by atoms with Crippen molar-refractivity contribution in [1.29, 1.82) is 0 Å². The standard InChI is InChI=1S/C8H18N2OS/c1-7(2)12(11)10-8-3-5-9-6-4-8/h7-10H,3-6H2,1-2H3. The Balaban J connectivity index is 2.20. The molecule has 1 unspecified atom stereocenters. The maximum Gasteiger partial charge on any atom is 0.129 e. The largest absolute Gasteiger partial charge is 0.598 e. The summed E-state index contributed by atoms with van der Waals surface area (Å²) >= 11 is -0.847. The van der Waals surface area contributed by atoms with Crippen molar-refractivity contribution in [2.24, 2.45) is 0 Å². The van der Waals surface area contributed by atoms with Crippen LogP contribution in [-0.4, -0.2) is 28.9 Å². The first-order valence-electron chi connectivity index (χ1n) is 4.57. The molecule has 0 aromatic rings. The Morgan fingerprint density at radius 1 is 1.42 bits per heavy atom. The molecule has 0 saturated carbocycles. The van der Waals surface area contributed by atoms with Crippen molar-refractivity contribution < 1.29 is 4.55 Å². The molecule has 12 heavy (non-hydrogen) atoms. The normalized spacial score (nSPS) is 23.0. The van der Waals surface area contributed by atoms with E-state index >= 15 is 0 Å². The molecule has 1 fully saturated rings. The molecule has 1 atom stereocenters. The van der Waals surface area contributed by atoms with Gasteiger partial charge in [-0.05, 0) is 39.8 Å². The zero-order valence-electron chi connectivity index (χ0n) is 7.80. The summed E-state index contributed by atoms with van der Waals surface area (Å²) in [4.78, 5) is 0. The summed E-state index contributed by atoms with van der Waals surface area (Å²) in [5, 5.41) is 3.50. The highest BCUT2D eigenvalue weighted by atomic mass is 32.2. The van der Waals surface area contributed by atoms with E-state index in [1.807, 2.05) is 13.8 Å². The number of hydrogen-bond donors (Lipinski definition) is 2. The van der Waals surface area contributed by atoms with Crippen LogP contribution in [0.15, 0.2) is 0 Å². The molecule has 3 nitrogen and oxygen atoms in total. The second-order valence-corrected chi connectivity index (χ2v) is 5.26. The topological polar surface area (TPSA) is 47.1 Å². The lowest BCUT2D eigenvalue weighted by Gasteiger charge is -2.25. The maximum atomic E-state index is 11.4. The molecule has 0 spiro atoms. The molecule has 0 aromatic carbocycles. The average Bonchev–Trinajstić information content (AvgIpc) is 2.06. The third-order valence-electron chi connectivity index (χ3n) is 2.05. The van der Waals surface area contributed by atoms with Crippen molar-refractivity contribution in [2.45, 2.75) is 38.0 Å². The molecule has 72 valence electrons. The molecule has 0 aliphatic carbocycles. The lowest BCUT2D eigenvalue weighted by molar-refractivity contribution is 0.425. The Labute approximate surface area is 77.6 Å². The van der Waals surface area contributed by atoms with Crippen molar-refractivity contribution in [3.05, 3.63) is 0 Å². The van der Waals surface area contributed by atoms with Gasteiger partial charge in [0, 0.05) is 11.4 Å². The first kappa shape index (κ1) is 10.3. The van der Waals surface area contributed by atoms with Gasteiger partial charge in [-0.3, -0.25) is 0 Å². The van der Waals surface area contributed by atoms with Crippen LogP contribution in [0.25, 0.3) is 0 Å². The molecule has 1 heterocycles. The molecule has 1 aliphatic rings. The van der Waals surface area contributed by atoms with Gasteiger partial charge in [-0.15, -0.1) is 4.72 Å². The van der Waals surface area contributed by atoms with E-state index in [0.717, 1.165) is 25.9 Å². The van der Waals surface area contributed by atoms with Gasteiger partial charge in [0.1, 0.15) is 5.25 Å². The van der Waals surface area contributed by atoms with Crippen LogP contribution in [0.2, 0.25) is 0 Å². The molecule has 0 amide bonds. The molecular weight excluding hydrogens is 172 g/mol. The molecule has 1 saturated heterocycles. The van der Waals surface area contributed by atoms with Crippen LogP contribution in [0.5, 0.6) is 0 Å². The number of hydrogen-bond acceptors (Lipinski definition) is 3. The van der Waals surface area contributed by atoms with Gasteiger partial charge in [-0.25, -0.2) is 0 Å². The van der Waals surface area contributed by atoms with Gasteiger partial charge in [0.2, 0.25) is 0 Å². The van der Waals surface area contributed by atoms with Crippen molar-refractivity contribution in [3.63, 3.8) is 0 Å². The van der Waals surface area contributed by atoms with Crippen molar-refractivity contribution >= 4 is 11.4 Å². The highest BCUT2D eigenvalue weighted by molar-refractivity contribution is 7.90. The Morgan fingerprint density at radius 3 is 2.50 bits per heavy atom. The fourth-order valence-corrected chi connectivity index (χ4v) is 2.08. The Morgan fingerprint density at radius 2 is 2.00 bits per heavy atom. The second-order valence-electron chi connectivity index (χ2n) is 3.49. The van der Waals surface area contributed by atoms with E-state index in [1.54, 1.807) is 0 Å². The van der Waals surface area contributed by atoms with E-state index in [-0.39, 0.29) is 5.25 Å². The van der Waals surface area contributed by atoms with Crippen molar-refractivity contribution in [3.8, 4) is 0 Å². The minimum absolute atomic E-state index is 0.222. The minimum atomic E-state index is -0.847. The highest BCUT2D eigenvalue weighted by Gasteiger charge is 2.20. The Hall–Kier alpha value is 0.230. The molecule has 0 bridgehead atoms. The average molecular weight is 190 g/mol. The zero-order valence-corrected chi connectivity index (χ0v) is 8.62. The third kappa shape index (κ3) is 3.31. The Kier molecular flexibility index (Phi) is 4.35. The van der Waals surface area contributed by atoms with Crippen LogP contribution in [0, 0.1) is 0 Å². The van der Waals surface area contributed by atoms with Crippen LogP contribution in [0.4, 0.5) is 0 Å². The molecule has 4 heteroatoms. The van der Waals surface area contributed by atoms with E-state index in [0.29, 0.717) is 6.04 Å². The van der Waals surface area contributed by atoms with Gasteiger partial charge in [0.05, 0.1) is 6.04 Å². The summed E-state index contributed by atoms with van der Waals surface area (Å²) in [6.07, 6.45) is 2.19. The monoisotopic (exact) mass is 190 g/mol. The summed E-state index contributed by atoms with van der Waals surface area (Å²) in [7, 11) is 0. The second kappa shape index (κ2) is 5.07. The predicted octanol–water partition coefficient (Wildman–Crippen LogP) is 0.400. The molecular formula is C8H18N2OS. The summed E-state index contributed by atoms with van der Waals surface area (Å²) in [5.41, 5.74) is 0. The quantitative estimate of drug-likeness (QED) is 0.633.